The smallest absolute Gasteiger partial charge is 1.00 e. The van der Waals surface area contributed by atoms with E-state index in [4.69, 9.17) is 0 Å². The fourth-order valence-corrected chi connectivity index (χ4v) is 15.5. The van der Waals surface area contributed by atoms with E-state index in [9.17, 15) is 12.9 Å². The molecule has 0 saturated carbocycles. The van der Waals surface area contributed by atoms with Gasteiger partial charge in [-0.05, 0) is 89.2 Å². The van der Waals surface area contributed by atoms with Crippen LogP contribution in [0.2, 0.25) is 0 Å². The maximum atomic E-state index is 9.67. The maximum Gasteiger partial charge on any atom is 3.00 e. The minimum Gasteiger partial charge on any atom is -1.00 e. The third-order valence-electron chi connectivity index (χ3n) is 8.34. The molecular formula is C32H56BF4P2Rh+2. The number of rotatable bonds is 6. The Morgan fingerprint density at radius 3 is 1.02 bits per heavy atom. The van der Waals surface area contributed by atoms with Gasteiger partial charge in [0.2, 0.25) is 0 Å². The first kappa shape index (κ1) is 44.4. The van der Waals surface area contributed by atoms with Crippen molar-refractivity contribution >= 4 is 34.0 Å². The fraction of sp³-hybridized carbons (Fsp3) is 0.625. The summed E-state index contributed by atoms with van der Waals surface area (Å²) in [6.45, 7) is 9.79. The van der Waals surface area contributed by atoms with Crippen molar-refractivity contribution in [1.29, 1.82) is 0 Å². The van der Waals surface area contributed by atoms with Gasteiger partial charge < -0.3 is 19.6 Å². The van der Waals surface area contributed by atoms with Crippen molar-refractivity contribution in [3.8, 4) is 0 Å². The summed E-state index contributed by atoms with van der Waals surface area (Å²) in [5, 5.41) is 3.79. The Labute approximate surface area is 261 Å². The summed E-state index contributed by atoms with van der Waals surface area (Å²) in [6, 6.07) is 9.87. The monoisotopic (exact) mass is 692 g/mol. The largest absolute Gasteiger partial charge is 3.00 e. The van der Waals surface area contributed by atoms with E-state index < -0.39 is 7.54 Å². The molecule has 0 aromatic heterocycles. The Kier molecular flexibility index (Phi) is 28.3. The molecule has 2 heterocycles. The van der Waals surface area contributed by atoms with Gasteiger partial charge in [0.15, 0.2) is 0 Å². The molecule has 0 spiro atoms. The van der Waals surface area contributed by atoms with Crippen molar-refractivity contribution < 1.29 is 37.1 Å². The summed E-state index contributed by atoms with van der Waals surface area (Å²) in [6.07, 6.45) is 25.7. The number of hydrogen-bond donors (Lipinski definition) is 0. The van der Waals surface area contributed by atoms with Crippen LogP contribution in [0.4, 0.5) is 12.9 Å². The molecule has 0 unspecified atom stereocenters. The van der Waals surface area contributed by atoms with Crippen molar-refractivity contribution in [2.75, 3.05) is 0 Å². The van der Waals surface area contributed by atoms with E-state index in [2.05, 4.69) is 76.3 Å². The van der Waals surface area contributed by atoms with Crippen molar-refractivity contribution in [3.63, 3.8) is 0 Å². The average molecular weight is 692 g/mol. The average Bonchev–Trinajstić information content (AvgIpc) is 3.47. The first-order valence-electron chi connectivity index (χ1n) is 14.5. The zero-order valence-electron chi connectivity index (χ0n) is 25.8. The molecule has 2 saturated heterocycles. The Hall–Kier alpha value is -0.0317. The van der Waals surface area contributed by atoms with E-state index >= 15 is 0 Å². The third kappa shape index (κ3) is 14.0. The first-order valence-corrected chi connectivity index (χ1v) is 17.8. The zero-order valence-corrected chi connectivity index (χ0v) is 29.5. The topological polar surface area (TPSA) is 0 Å². The van der Waals surface area contributed by atoms with E-state index in [1.54, 1.807) is 0 Å². The van der Waals surface area contributed by atoms with Gasteiger partial charge >= 0.3 is 27.0 Å². The van der Waals surface area contributed by atoms with Crippen molar-refractivity contribution in [2.24, 2.45) is 0 Å². The molecule has 1 aromatic carbocycles. The first-order chi connectivity index (χ1) is 17.5. The molecular weight excluding hydrogens is 636 g/mol. The molecule has 0 N–H and O–H groups in total. The second-order valence-corrected chi connectivity index (χ2v) is 16.5. The summed E-state index contributed by atoms with van der Waals surface area (Å²) >= 11 is 0. The van der Waals surface area contributed by atoms with Gasteiger partial charge in [-0.2, -0.15) is 0 Å². The van der Waals surface area contributed by atoms with Crippen molar-refractivity contribution in [1.82, 2.24) is 0 Å². The predicted octanol–water partition coefficient (Wildman–Crippen LogP) is 7.52. The molecule has 232 valence electrons. The second-order valence-electron chi connectivity index (χ2n) is 10.4. The van der Waals surface area contributed by atoms with Crippen LogP contribution >= 0.6 is 15.8 Å². The molecule has 40 heavy (non-hydrogen) atoms. The van der Waals surface area contributed by atoms with Crippen LogP contribution in [-0.2, 0) is 19.5 Å². The normalized spacial score (nSPS) is 25.4. The molecule has 3 aliphatic rings. The van der Waals surface area contributed by atoms with Crippen LogP contribution < -0.4 is 15.3 Å². The van der Waals surface area contributed by atoms with Crippen LogP contribution in [0.1, 0.15) is 105 Å². The molecule has 0 bridgehead atoms. The van der Waals surface area contributed by atoms with Gasteiger partial charge in [-0.25, -0.2) is 0 Å². The van der Waals surface area contributed by atoms with E-state index in [0.717, 1.165) is 22.6 Å². The zero-order chi connectivity index (χ0) is 26.3. The summed E-state index contributed by atoms with van der Waals surface area (Å²) in [4.78, 5) is 0. The summed E-state index contributed by atoms with van der Waals surface area (Å²) in [5.74, 6) is 0. The molecule has 1 aliphatic carbocycles. The molecule has 1 aromatic rings. The SMILES string of the molecule is C1=C\CC/C=C\CC/1.CC[C@@H]1CC[C@@H](CC)[PH+]1c1ccccc1[PH+]1[C@H](CC)CC[C@H]1CC.FB(F)F.[CH3-].[CH3-].[F-].[Rh+3]. The Morgan fingerprint density at radius 2 is 0.825 bits per heavy atom. The minimum absolute atomic E-state index is 0. The van der Waals surface area contributed by atoms with Gasteiger partial charge in [-0.1, -0.05) is 64.1 Å². The van der Waals surface area contributed by atoms with E-state index in [1.807, 2.05) is 10.6 Å². The number of hydrogen-bond acceptors (Lipinski definition) is 0. The van der Waals surface area contributed by atoms with Gasteiger partial charge in [-0.15, -0.1) is 0 Å². The maximum absolute atomic E-state index is 9.67. The van der Waals surface area contributed by atoms with Crippen LogP contribution in [0.5, 0.6) is 0 Å². The van der Waals surface area contributed by atoms with Crippen molar-refractivity contribution in [2.45, 2.75) is 127 Å². The molecule has 4 atom stereocenters. The Bertz CT molecular complexity index is 696. The number of allylic oxidation sites excluding steroid dienone is 4. The van der Waals surface area contributed by atoms with Crippen molar-refractivity contribution in [3.05, 3.63) is 63.4 Å². The van der Waals surface area contributed by atoms with Gasteiger partial charge in [0.05, 0.1) is 22.6 Å². The molecule has 2 aliphatic heterocycles. The Balaban J connectivity index is -0.000000725. The van der Waals surface area contributed by atoms with E-state index in [0.29, 0.717) is 0 Å². The summed E-state index contributed by atoms with van der Waals surface area (Å²) in [5.41, 5.74) is 4.13. The molecule has 0 nitrogen and oxygen atoms in total. The van der Waals surface area contributed by atoms with Crippen LogP contribution in [0.15, 0.2) is 48.6 Å². The second kappa shape index (κ2) is 25.5. The fourth-order valence-electron chi connectivity index (χ4n) is 6.51. The molecule has 2 fully saturated rings. The molecule has 0 radical (unpaired) electrons. The minimum atomic E-state index is -3.67. The van der Waals surface area contributed by atoms with E-state index in [-0.39, 0.29) is 54.9 Å². The quantitative estimate of drug-likeness (QED) is 0.0952. The van der Waals surface area contributed by atoms with E-state index in [1.165, 1.54) is 77.0 Å². The van der Waals surface area contributed by atoms with Crippen LogP contribution in [0, 0.1) is 14.9 Å². The van der Waals surface area contributed by atoms with Crippen LogP contribution in [0.3, 0.4) is 0 Å². The summed E-state index contributed by atoms with van der Waals surface area (Å²) in [7, 11) is -4.41. The van der Waals surface area contributed by atoms with Crippen LogP contribution in [-0.4, -0.2) is 30.2 Å². The van der Waals surface area contributed by atoms with Crippen LogP contribution in [0.25, 0.3) is 0 Å². The summed E-state index contributed by atoms with van der Waals surface area (Å²) < 4.78 is 29.0. The molecule has 8 heteroatoms. The third-order valence-corrected chi connectivity index (χ3v) is 17.0. The van der Waals surface area contributed by atoms with Gasteiger partial charge in [0.1, 0.15) is 10.6 Å². The Morgan fingerprint density at radius 1 is 0.600 bits per heavy atom. The molecule has 0 amide bonds. The molecule has 4 rings (SSSR count). The van der Waals surface area contributed by atoms with Gasteiger partial charge in [-0.3, -0.25) is 12.9 Å². The standard InChI is InChI=1S/C22H36P2.C8H12.2CH3.BF3.FH.Rh/c1-5-17-13-14-18(6-2)23(17)21-11-9-10-12-22(21)24-19(7-3)15-16-20(24)8-4;1-2-4-6-8-7-5-3-1;;;2-1(3)4;;/h9-12,17-20H,5-8,13-16H2,1-4H3;1-2,7-8H,3-6H2;2*1H3;;1H;/q;;2*-1;;;+3/p+1/b;2-1-,8-7-;;;;;/t17-,18-,19-,20-;;;;;;/m1....../s1. The number of halogens is 4. The number of benzene rings is 1. The predicted molar refractivity (Wildman–Crippen MR) is 176 cm³/mol. The van der Waals surface area contributed by atoms with Gasteiger partial charge in [0.25, 0.3) is 0 Å². The van der Waals surface area contributed by atoms with Gasteiger partial charge in [0, 0.05) is 15.8 Å².